The average molecular weight is 532 g/mol. The minimum atomic E-state index is -3.62. The molecule has 1 N–H and O–H groups in total. The van der Waals surface area contributed by atoms with Gasteiger partial charge >= 0.3 is 0 Å². The van der Waals surface area contributed by atoms with Crippen LogP contribution >= 0.6 is 0 Å². The van der Waals surface area contributed by atoms with Gasteiger partial charge in [0.2, 0.25) is 21.8 Å². The van der Waals surface area contributed by atoms with E-state index >= 15 is 0 Å². The minimum absolute atomic E-state index is 0.0922. The maximum Gasteiger partial charge on any atom is 0.243 e. The van der Waals surface area contributed by atoms with Crippen molar-refractivity contribution in [3.8, 4) is 5.75 Å². The Bertz CT molecular complexity index is 1130. The first-order valence-electron chi connectivity index (χ1n) is 12.7. The highest BCUT2D eigenvalue weighted by Gasteiger charge is 2.31. The molecule has 0 heterocycles. The van der Waals surface area contributed by atoms with Crippen LogP contribution in [0.15, 0.2) is 54.6 Å². The molecule has 204 valence electrons. The molecule has 1 atom stereocenters. The average Bonchev–Trinajstić information content (AvgIpc) is 2.81. The van der Waals surface area contributed by atoms with E-state index in [0.717, 1.165) is 11.8 Å². The van der Waals surface area contributed by atoms with Gasteiger partial charge in [0.1, 0.15) is 11.8 Å². The number of hydrogen-bond acceptors (Lipinski definition) is 5. The van der Waals surface area contributed by atoms with Crippen LogP contribution in [-0.2, 0) is 26.2 Å². The Hall–Kier alpha value is -3.07. The number of nitrogens with zero attached hydrogens (tertiary/aromatic N) is 2. The Morgan fingerprint density at radius 3 is 2.19 bits per heavy atom. The van der Waals surface area contributed by atoms with Crippen molar-refractivity contribution in [2.75, 3.05) is 23.7 Å². The summed E-state index contributed by atoms with van der Waals surface area (Å²) in [6.07, 6.45) is 1.98. The smallest absolute Gasteiger partial charge is 0.243 e. The third-order valence-electron chi connectivity index (χ3n) is 5.67. The van der Waals surface area contributed by atoms with Crippen molar-refractivity contribution in [1.29, 1.82) is 0 Å². The van der Waals surface area contributed by atoms with Crippen LogP contribution < -0.4 is 14.4 Å². The van der Waals surface area contributed by atoms with Gasteiger partial charge in [-0.2, -0.15) is 0 Å². The number of carbonyl (C=O) groups excluding carboxylic acids is 2. The van der Waals surface area contributed by atoms with Crippen LogP contribution in [0, 0.1) is 0 Å². The number of benzene rings is 2. The number of carbonyl (C=O) groups is 2. The van der Waals surface area contributed by atoms with Crippen LogP contribution in [0.5, 0.6) is 5.75 Å². The summed E-state index contributed by atoms with van der Waals surface area (Å²) in [6.45, 7) is 10.2. The molecule has 0 saturated heterocycles. The standard InChI is InChI=1S/C28H41N3O5S/c1-7-23(27(33)29-28(3,4)5)30(21-22-15-10-9-11-16-22)26(32)19-14-20-31(37(6,34)35)24-17-12-13-18-25(24)36-8-2/h9-13,15-18,23H,7-8,14,19-21H2,1-6H3,(H,29,33)/t23-/m1/s1. The summed E-state index contributed by atoms with van der Waals surface area (Å²) in [4.78, 5) is 28.2. The molecule has 8 nitrogen and oxygen atoms in total. The maximum absolute atomic E-state index is 13.5. The normalized spacial score (nSPS) is 12.5. The summed E-state index contributed by atoms with van der Waals surface area (Å²) in [5, 5.41) is 2.99. The molecule has 0 saturated carbocycles. The Kier molecular flexibility index (Phi) is 11.0. The second-order valence-electron chi connectivity index (χ2n) is 10.0. The molecule has 0 spiro atoms. The van der Waals surface area contributed by atoms with Gasteiger partial charge in [0.15, 0.2) is 0 Å². The zero-order valence-electron chi connectivity index (χ0n) is 22.9. The van der Waals surface area contributed by atoms with E-state index < -0.39 is 21.6 Å². The highest BCUT2D eigenvalue weighted by Crippen LogP contribution is 2.30. The maximum atomic E-state index is 13.5. The molecule has 2 amide bonds. The van der Waals surface area contributed by atoms with E-state index in [1.165, 1.54) is 4.31 Å². The summed E-state index contributed by atoms with van der Waals surface area (Å²) in [6, 6.07) is 15.9. The number of nitrogens with one attached hydrogen (secondary N) is 1. The molecule has 2 aromatic rings. The van der Waals surface area contributed by atoms with E-state index in [2.05, 4.69) is 5.32 Å². The van der Waals surface area contributed by atoms with E-state index in [9.17, 15) is 18.0 Å². The van der Waals surface area contributed by atoms with Crippen molar-refractivity contribution in [3.63, 3.8) is 0 Å². The molecular formula is C28H41N3O5S. The summed E-state index contributed by atoms with van der Waals surface area (Å²) >= 11 is 0. The van der Waals surface area contributed by atoms with Gasteiger partial charge in [0.25, 0.3) is 0 Å². The van der Waals surface area contributed by atoms with E-state index in [4.69, 9.17) is 4.74 Å². The van der Waals surface area contributed by atoms with Crippen molar-refractivity contribution in [2.45, 2.75) is 72.0 Å². The summed E-state index contributed by atoms with van der Waals surface area (Å²) in [7, 11) is -3.62. The quantitative estimate of drug-likeness (QED) is 0.415. The molecule has 0 bridgehead atoms. The molecule has 0 aliphatic rings. The van der Waals surface area contributed by atoms with Crippen molar-refractivity contribution in [3.05, 3.63) is 60.2 Å². The molecule has 9 heteroatoms. The van der Waals surface area contributed by atoms with Crippen LogP contribution in [0.2, 0.25) is 0 Å². The summed E-state index contributed by atoms with van der Waals surface area (Å²) in [5.74, 6) is 0.0614. The third kappa shape index (κ3) is 9.39. The zero-order valence-corrected chi connectivity index (χ0v) is 23.7. The van der Waals surface area contributed by atoms with Crippen LogP contribution in [0.1, 0.15) is 59.4 Å². The van der Waals surface area contributed by atoms with Crippen LogP contribution in [-0.4, -0.2) is 56.1 Å². The Balaban J connectivity index is 2.24. The summed E-state index contributed by atoms with van der Waals surface area (Å²) < 4.78 is 32.2. The first kappa shape index (κ1) is 30.2. The summed E-state index contributed by atoms with van der Waals surface area (Å²) in [5.41, 5.74) is 0.924. The molecule has 37 heavy (non-hydrogen) atoms. The van der Waals surface area contributed by atoms with E-state index in [1.54, 1.807) is 29.2 Å². The fourth-order valence-corrected chi connectivity index (χ4v) is 5.04. The molecule has 0 aromatic heterocycles. The molecule has 0 unspecified atom stereocenters. The van der Waals surface area contributed by atoms with Gasteiger partial charge in [-0.05, 0) is 58.2 Å². The highest BCUT2D eigenvalue weighted by molar-refractivity contribution is 7.92. The van der Waals surface area contributed by atoms with Crippen LogP contribution in [0.4, 0.5) is 5.69 Å². The number of anilines is 1. The van der Waals surface area contributed by atoms with Gasteiger partial charge in [0, 0.05) is 25.0 Å². The van der Waals surface area contributed by atoms with Crippen LogP contribution in [0.25, 0.3) is 0 Å². The number of ether oxygens (including phenoxy) is 1. The van der Waals surface area contributed by atoms with Gasteiger partial charge < -0.3 is 15.0 Å². The second-order valence-corrected chi connectivity index (χ2v) is 11.9. The van der Waals surface area contributed by atoms with Crippen molar-refractivity contribution in [1.82, 2.24) is 10.2 Å². The van der Waals surface area contributed by atoms with Gasteiger partial charge in [-0.1, -0.05) is 49.4 Å². The molecule has 0 aliphatic carbocycles. The predicted molar refractivity (Wildman–Crippen MR) is 148 cm³/mol. The first-order valence-corrected chi connectivity index (χ1v) is 14.6. The molecule has 0 radical (unpaired) electrons. The van der Waals surface area contributed by atoms with Crippen LogP contribution in [0.3, 0.4) is 0 Å². The minimum Gasteiger partial charge on any atom is -0.492 e. The Morgan fingerprint density at radius 2 is 1.62 bits per heavy atom. The van der Waals surface area contributed by atoms with Gasteiger partial charge in [0.05, 0.1) is 18.6 Å². The lowest BCUT2D eigenvalue weighted by molar-refractivity contribution is -0.142. The molecular weight excluding hydrogens is 490 g/mol. The number of hydrogen-bond donors (Lipinski definition) is 1. The molecule has 0 fully saturated rings. The number of amides is 2. The Morgan fingerprint density at radius 1 is 1.00 bits per heavy atom. The topological polar surface area (TPSA) is 96.0 Å². The van der Waals surface area contributed by atoms with Gasteiger partial charge in [-0.25, -0.2) is 8.42 Å². The van der Waals surface area contributed by atoms with E-state index in [0.29, 0.717) is 31.0 Å². The molecule has 2 rings (SSSR count). The van der Waals surface area contributed by atoms with Crippen molar-refractivity contribution < 1.29 is 22.7 Å². The fraction of sp³-hybridized carbons (Fsp3) is 0.500. The predicted octanol–water partition coefficient (Wildman–Crippen LogP) is 4.35. The van der Waals surface area contributed by atoms with Crippen molar-refractivity contribution in [2.24, 2.45) is 0 Å². The second kappa shape index (κ2) is 13.5. The lowest BCUT2D eigenvalue weighted by Crippen LogP contribution is -2.53. The fourth-order valence-electron chi connectivity index (χ4n) is 4.08. The van der Waals surface area contributed by atoms with E-state index in [1.807, 2.05) is 65.0 Å². The molecule has 0 aliphatic heterocycles. The van der Waals surface area contributed by atoms with E-state index in [-0.39, 0.29) is 31.2 Å². The van der Waals surface area contributed by atoms with Gasteiger partial charge in [-0.15, -0.1) is 0 Å². The largest absolute Gasteiger partial charge is 0.492 e. The third-order valence-corrected chi connectivity index (χ3v) is 6.85. The SMILES string of the molecule is CCOc1ccccc1N(CCCC(=O)N(Cc1ccccc1)[C@H](CC)C(=O)NC(C)(C)C)S(C)(=O)=O. The lowest BCUT2D eigenvalue weighted by atomic mass is 10.0. The Labute approximate surface area is 222 Å². The lowest BCUT2D eigenvalue weighted by Gasteiger charge is -2.33. The molecule has 2 aromatic carbocycles. The highest BCUT2D eigenvalue weighted by atomic mass is 32.2. The monoisotopic (exact) mass is 531 g/mol. The van der Waals surface area contributed by atoms with Gasteiger partial charge in [-0.3, -0.25) is 13.9 Å². The zero-order chi connectivity index (χ0) is 27.6. The number of para-hydroxylation sites is 2. The number of rotatable bonds is 13. The van der Waals surface area contributed by atoms with Crippen molar-refractivity contribution >= 4 is 27.5 Å². The first-order chi connectivity index (χ1) is 17.4. The number of sulfonamides is 1.